The van der Waals surface area contributed by atoms with E-state index in [9.17, 15) is 0 Å². The van der Waals surface area contributed by atoms with Crippen LogP contribution in [0.4, 0.5) is 0 Å². The summed E-state index contributed by atoms with van der Waals surface area (Å²) in [5, 5.41) is 0.573. The maximum absolute atomic E-state index is 6.66. The van der Waals surface area contributed by atoms with Crippen LogP contribution in [-0.4, -0.2) is 0 Å². The van der Waals surface area contributed by atoms with Crippen molar-refractivity contribution in [1.29, 1.82) is 0 Å². The summed E-state index contributed by atoms with van der Waals surface area (Å²) in [4.78, 5) is 0. The Bertz CT molecular complexity index is 637. The Morgan fingerprint density at radius 2 is 1.70 bits per heavy atom. The van der Waals surface area contributed by atoms with Gasteiger partial charge in [-0.15, -0.1) is 11.6 Å². The number of halogens is 3. The summed E-state index contributed by atoms with van der Waals surface area (Å²) in [6.07, 6.45) is 4.97. The van der Waals surface area contributed by atoms with Crippen molar-refractivity contribution in [2.24, 2.45) is 0 Å². The van der Waals surface area contributed by atoms with Gasteiger partial charge >= 0.3 is 0 Å². The fourth-order valence-electron chi connectivity index (χ4n) is 2.80. The molecule has 1 atom stereocenters. The molecule has 0 amide bonds. The van der Waals surface area contributed by atoms with E-state index >= 15 is 0 Å². The predicted molar refractivity (Wildman–Crippen MR) is 89.9 cm³/mol. The highest BCUT2D eigenvalue weighted by atomic mass is 79.9. The third kappa shape index (κ3) is 2.90. The summed E-state index contributed by atoms with van der Waals surface area (Å²) in [5.74, 6) is 0. The average Bonchev–Trinajstić information content (AvgIpc) is 2.46. The lowest BCUT2D eigenvalue weighted by Crippen LogP contribution is -2.04. The zero-order chi connectivity index (χ0) is 14.1. The van der Waals surface area contributed by atoms with E-state index in [2.05, 4.69) is 34.1 Å². The van der Waals surface area contributed by atoms with Gasteiger partial charge in [-0.2, -0.15) is 0 Å². The van der Waals surface area contributed by atoms with Crippen LogP contribution < -0.4 is 0 Å². The number of alkyl halides is 1. The minimum atomic E-state index is -0.145. The normalized spacial score (nSPS) is 15.8. The minimum Gasteiger partial charge on any atom is -0.113 e. The second-order valence-electron chi connectivity index (χ2n) is 5.26. The van der Waals surface area contributed by atoms with Gasteiger partial charge in [0.25, 0.3) is 0 Å². The van der Waals surface area contributed by atoms with Gasteiger partial charge in [-0.1, -0.05) is 51.8 Å². The van der Waals surface area contributed by atoms with E-state index in [-0.39, 0.29) is 5.38 Å². The van der Waals surface area contributed by atoms with Crippen LogP contribution in [0, 0.1) is 0 Å². The monoisotopic (exact) mass is 368 g/mol. The number of hydrogen-bond donors (Lipinski definition) is 0. The van der Waals surface area contributed by atoms with Crippen molar-refractivity contribution in [3.05, 3.63) is 68.1 Å². The number of fused-ring (bicyclic) bond motifs is 1. The van der Waals surface area contributed by atoms with Crippen LogP contribution in [0.15, 0.2) is 40.9 Å². The van der Waals surface area contributed by atoms with E-state index in [1.54, 1.807) is 0 Å². The molecule has 0 N–H and O–H groups in total. The average molecular weight is 370 g/mol. The molecule has 0 saturated heterocycles. The first-order chi connectivity index (χ1) is 9.65. The number of rotatable bonds is 2. The molecule has 0 saturated carbocycles. The van der Waals surface area contributed by atoms with Crippen LogP contribution >= 0.6 is 39.1 Å². The molecule has 2 aromatic rings. The first kappa shape index (κ1) is 14.4. The fraction of sp³-hybridized carbons (Fsp3) is 0.294. The summed E-state index contributed by atoms with van der Waals surface area (Å²) < 4.78 is 0.961. The Morgan fingerprint density at radius 1 is 0.950 bits per heavy atom. The highest BCUT2D eigenvalue weighted by Crippen LogP contribution is 2.36. The van der Waals surface area contributed by atoms with Crippen molar-refractivity contribution in [3.63, 3.8) is 0 Å². The molecule has 20 heavy (non-hydrogen) atoms. The molecule has 1 aliphatic rings. The van der Waals surface area contributed by atoms with Crippen LogP contribution in [0.1, 0.15) is 40.5 Å². The van der Waals surface area contributed by atoms with Gasteiger partial charge in [-0.05, 0) is 60.1 Å². The van der Waals surface area contributed by atoms with Crippen LogP contribution in [-0.2, 0) is 12.8 Å². The first-order valence-electron chi connectivity index (χ1n) is 6.86. The van der Waals surface area contributed by atoms with Gasteiger partial charge in [0.2, 0.25) is 0 Å². The van der Waals surface area contributed by atoms with E-state index in [1.165, 1.54) is 36.8 Å². The van der Waals surface area contributed by atoms with E-state index < -0.39 is 0 Å². The van der Waals surface area contributed by atoms with Gasteiger partial charge in [0.1, 0.15) is 0 Å². The highest BCUT2D eigenvalue weighted by Gasteiger charge is 2.17. The largest absolute Gasteiger partial charge is 0.113 e. The smallest absolute Gasteiger partial charge is 0.0846 e. The molecular formula is C17H15BrCl2. The lowest BCUT2D eigenvalue weighted by molar-refractivity contribution is 0.684. The predicted octanol–water partition coefficient (Wildman–Crippen LogP) is 6.31. The van der Waals surface area contributed by atoms with Crippen molar-refractivity contribution >= 4 is 39.1 Å². The molecule has 3 rings (SSSR count). The van der Waals surface area contributed by atoms with Crippen molar-refractivity contribution in [3.8, 4) is 0 Å². The molecule has 1 unspecified atom stereocenters. The third-order valence-corrected chi connectivity index (χ3v) is 5.31. The fourth-order valence-corrected chi connectivity index (χ4v) is 4.17. The Labute approximate surface area is 138 Å². The topological polar surface area (TPSA) is 0 Å². The summed E-state index contributed by atoms with van der Waals surface area (Å²) in [6.45, 7) is 0. The molecular weight excluding hydrogens is 355 g/mol. The van der Waals surface area contributed by atoms with E-state index in [0.717, 1.165) is 20.6 Å². The summed E-state index contributed by atoms with van der Waals surface area (Å²) in [5.41, 5.74) is 5.17. The van der Waals surface area contributed by atoms with E-state index in [1.807, 2.05) is 18.2 Å². The molecule has 2 aromatic carbocycles. The highest BCUT2D eigenvalue weighted by molar-refractivity contribution is 9.10. The quantitative estimate of drug-likeness (QED) is 0.544. The van der Waals surface area contributed by atoms with Crippen LogP contribution in [0.2, 0.25) is 5.02 Å². The SMILES string of the molecule is Clc1ccc(C(Cl)c2ccc3c(c2)CCCC3)c(Br)c1. The van der Waals surface area contributed by atoms with Gasteiger partial charge in [0, 0.05) is 9.50 Å². The zero-order valence-electron chi connectivity index (χ0n) is 11.0. The summed E-state index contributed by atoms with van der Waals surface area (Å²) >= 11 is 16.2. The second kappa shape index (κ2) is 6.09. The van der Waals surface area contributed by atoms with Crippen LogP contribution in [0.25, 0.3) is 0 Å². The number of aryl methyl sites for hydroxylation is 2. The molecule has 104 valence electrons. The maximum Gasteiger partial charge on any atom is 0.0846 e. The number of benzene rings is 2. The summed E-state index contributed by atoms with van der Waals surface area (Å²) in [7, 11) is 0. The third-order valence-electron chi connectivity index (χ3n) is 3.90. The van der Waals surface area contributed by atoms with Crippen LogP contribution in [0.5, 0.6) is 0 Å². The lowest BCUT2D eigenvalue weighted by Gasteiger charge is -2.19. The standard InChI is InChI=1S/C17H15BrCl2/c18-16-10-14(19)7-8-15(16)17(20)13-6-5-11-3-1-2-4-12(11)9-13/h5-10,17H,1-4H2. The molecule has 0 aliphatic heterocycles. The van der Waals surface area contributed by atoms with Crippen molar-refractivity contribution in [2.45, 2.75) is 31.1 Å². The van der Waals surface area contributed by atoms with E-state index in [0.29, 0.717) is 0 Å². The van der Waals surface area contributed by atoms with Gasteiger partial charge < -0.3 is 0 Å². The van der Waals surface area contributed by atoms with Gasteiger partial charge in [-0.25, -0.2) is 0 Å². The second-order valence-corrected chi connectivity index (χ2v) is 6.99. The molecule has 0 bridgehead atoms. The van der Waals surface area contributed by atoms with Crippen molar-refractivity contribution in [2.75, 3.05) is 0 Å². The summed E-state index contributed by atoms with van der Waals surface area (Å²) in [6, 6.07) is 12.4. The molecule has 0 aromatic heterocycles. The van der Waals surface area contributed by atoms with Gasteiger partial charge in [-0.3, -0.25) is 0 Å². The molecule has 3 heteroatoms. The Balaban J connectivity index is 1.95. The maximum atomic E-state index is 6.66. The molecule has 0 fully saturated rings. The van der Waals surface area contributed by atoms with Gasteiger partial charge in [0.15, 0.2) is 0 Å². The molecule has 0 radical (unpaired) electrons. The van der Waals surface area contributed by atoms with Crippen LogP contribution in [0.3, 0.4) is 0 Å². The van der Waals surface area contributed by atoms with E-state index in [4.69, 9.17) is 23.2 Å². The molecule has 1 aliphatic carbocycles. The Morgan fingerprint density at radius 3 is 2.45 bits per heavy atom. The Hall–Kier alpha value is -0.500. The lowest BCUT2D eigenvalue weighted by atomic mass is 9.89. The Kier molecular flexibility index (Phi) is 4.40. The zero-order valence-corrected chi connectivity index (χ0v) is 14.1. The number of hydrogen-bond acceptors (Lipinski definition) is 0. The van der Waals surface area contributed by atoms with Crippen molar-refractivity contribution in [1.82, 2.24) is 0 Å². The first-order valence-corrected chi connectivity index (χ1v) is 8.46. The van der Waals surface area contributed by atoms with Crippen molar-refractivity contribution < 1.29 is 0 Å². The minimum absolute atomic E-state index is 0.145. The molecule has 0 heterocycles. The molecule has 0 spiro atoms. The molecule has 0 nitrogen and oxygen atoms in total. The van der Waals surface area contributed by atoms with Gasteiger partial charge in [0.05, 0.1) is 5.38 Å².